The molecule has 1 atom stereocenters. The minimum absolute atomic E-state index is 0. The molecule has 6 heteroatoms. The number of piperidine rings is 1. The summed E-state index contributed by atoms with van der Waals surface area (Å²) in [4.78, 5) is 0. The van der Waals surface area contributed by atoms with Gasteiger partial charge in [0.1, 0.15) is 5.82 Å². The third-order valence-corrected chi connectivity index (χ3v) is 3.71. The van der Waals surface area contributed by atoms with E-state index in [1.54, 1.807) is 11.8 Å². The smallest absolute Gasteiger partial charge is 0.190 e. The van der Waals surface area contributed by atoms with Crippen molar-refractivity contribution < 1.29 is 0 Å². The molecule has 1 fully saturated rings. The van der Waals surface area contributed by atoms with E-state index in [0.717, 1.165) is 29.8 Å². The summed E-state index contributed by atoms with van der Waals surface area (Å²) in [7, 11) is 2.07. The van der Waals surface area contributed by atoms with Crippen LogP contribution in [0.4, 0.5) is 0 Å². The molecule has 2 heterocycles. The highest BCUT2D eigenvalue weighted by molar-refractivity contribution is 7.99. The van der Waals surface area contributed by atoms with Gasteiger partial charge in [-0.1, -0.05) is 18.7 Å². The number of nitrogens with one attached hydrogen (secondary N) is 1. The van der Waals surface area contributed by atoms with Gasteiger partial charge in [0.2, 0.25) is 0 Å². The third kappa shape index (κ3) is 2.90. The monoisotopic (exact) mass is 262 g/mol. The van der Waals surface area contributed by atoms with Gasteiger partial charge >= 0.3 is 0 Å². The normalized spacial score (nSPS) is 20.5. The van der Waals surface area contributed by atoms with Crippen molar-refractivity contribution in [1.29, 1.82) is 0 Å². The molecule has 0 amide bonds. The molecule has 1 unspecified atom stereocenters. The van der Waals surface area contributed by atoms with Gasteiger partial charge in [0.05, 0.1) is 0 Å². The van der Waals surface area contributed by atoms with Crippen molar-refractivity contribution in [2.75, 3.05) is 18.8 Å². The maximum atomic E-state index is 4.31. The molecule has 1 aliphatic rings. The van der Waals surface area contributed by atoms with E-state index >= 15 is 0 Å². The summed E-state index contributed by atoms with van der Waals surface area (Å²) in [6, 6.07) is 0. The second kappa shape index (κ2) is 6.47. The molecule has 0 aromatic carbocycles. The van der Waals surface area contributed by atoms with E-state index in [0.29, 0.717) is 5.92 Å². The Morgan fingerprint density at radius 3 is 2.94 bits per heavy atom. The second-order valence-corrected chi connectivity index (χ2v) is 5.11. The number of hydrogen-bond donors (Lipinski definition) is 1. The number of nitrogens with zero attached hydrogens (tertiary/aromatic N) is 3. The van der Waals surface area contributed by atoms with Gasteiger partial charge in [-0.15, -0.1) is 22.6 Å². The molecule has 0 radical (unpaired) electrons. The van der Waals surface area contributed by atoms with Crippen LogP contribution in [0.15, 0.2) is 5.16 Å². The van der Waals surface area contributed by atoms with E-state index in [1.807, 2.05) is 0 Å². The molecule has 0 bridgehead atoms. The summed E-state index contributed by atoms with van der Waals surface area (Å²) in [6.45, 7) is 4.33. The zero-order chi connectivity index (χ0) is 10.7. The molecule has 4 nitrogen and oxygen atoms in total. The lowest BCUT2D eigenvalue weighted by Crippen LogP contribution is -2.29. The molecular weight excluding hydrogens is 244 g/mol. The number of halogens is 1. The van der Waals surface area contributed by atoms with Crippen molar-refractivity contribution in [3.8, 4) is 0 Å². The molecule has 16 heavy (non-hydrogen) atoms. The Morgan fingerprint density at radius 2 is 2.31 bits per heavy atom. The summed E-state index contributed by atoms with van der Waals surface area (Å²) < 4.78 is 2.14. The zero-order valence-electron chi connectivity index (χ0n) is 9.77. The minimum Gasteiger partial charge on any atom is -0.316 e. The topological polar surface area (TPSA) is 42.7 Å². The van der Waals surface area contributed by atoms with Crippen LogP contribution in [0.5, 0.6) is 0 Å². The van der Waals surface area contributed by atoms with Crippen molar-refractivity contribution in [1.82, 2.24) is 20.1 Å². The quantitative estimate of drug-likeness (QED) is 0.844. The Labute approximate surface area is 107 Å². The molecule has 1 saturated heterocycles. The lowest BCUT2D eigenvalue weighted by Gasteiger charge is -2.21. The van der Waals surface area contributed by atoms with E-state index in [4.69, 9.17) is 0 Å². The highest BCUT2D eigenvalue weighted by Gasteiger charge is 2.21. The third-order valence-electron chi connectivity index (χ3n) is 2.80. The molecule has 1 aromatic heterocycles. The van der Waals surface area contributed by atoms with Crippen molar-refractivity contribution in [2.24, 2.45) is 7.05 Å². The molecule has 92 valence electrons. The average Bonchev–Trinajstić information content (AvgIpc) is 2.63. The summed E-state index contributed by atoms with van der Waals surface area (Å²) >= 11 is 1.76. The fourth-order valence-corrected chi connectivity index (χ4v) is 2.65. The maximum Gasteiger partial charge on any atom is 0.190 e. The summed E-state index contributed by atoms with van der Waals surface area (Å²) in [5.41, 5.74) is 0. The van der Waals surface area contributed by atoms with E-state index in [9.17, 15) is 0 Å². The van der Waals surface area contributed by atoms with Gasteiger partial charge in [0.25, 0.3) is 0 Å². The first-order valence-corrected chi connectivity index (χ1v) is 6.54. The minimum atomic E-state index is 0. The van der Waals surface area contributed by atoms with Gasteiger partial charge in [0, 0.05) is 19.5 Å². The van der Waals surface area contributed by atoms with Crippen molar-refractivity contribution in [3.05, 3.63) is 5.82 Å². The molecular formula is C10H19ClN4S. The van der Waals surface area contributed by atoms with Crippen LogP contribution in [0.25, 0.3) is 0 Å². The lowest BCUT2D eigenvalue weighted by molar-refractivity contribution is 0.436. The van der Waals surface area contributed by atoms with Crippen LogP contribution in [0.2, 0.25) is 0 Å². The van der Waals surface area contributed by atoms with Crippen LogP contribution >= 0.6 is 24.2 Å². The van der Waals surface area contributed by atoms with E-state index in [2.05, 4.69) is 34.1 Å². The first kappa shape index (κ1) is 13.8. The van der Waals surface area contributed by atoms with Crippen LogP contribution in [0.1, 0.15) is 31.5 Å². The van der Waals surface area contributed by atoms with Gasteiger partial charge in [-0.25, -0.2) is 0 Å². The van der Waals surface area contributed by atoms with Crippen LogP contribution < -0.4 is 5.32 Å². The number of thioether (sulfide) groups is 1. The van der Waals surface area contributed by atoms with Gasteiger partial charge in [-0.05, 0) is 25.1 Å². The predicted molar refractivity (Wildman–Crippen MR) is 69.5 cm³/mol. The van der Waals surface area contributed by atoms with E-state index in [-0.39, 0.29) is 12.4 Å². The van der Waals surface area contributed by atoms with Crippen molar-refractivity contribution in [2.45, 2.75) is 30.8 Å². The van der Waals surface area contributed by atoms with Gasteiger partial charge in [-0.2, -0.15) is 0 Å². The molecule has 0 spiro atoms. The predicted octanol–water partition coefficient (Wildman–Crippen LogP) is 1.82. The maximum absolute atomic E-state index is 4.31. The van der Waals surface area contributed by atoms with E-state index < -0.39 is 0 Å². The Balaban J connectivity index is 0.00000128. The molecule has 0 saturated carbocycles. The van der Waals surface area contributed by atoms with Crippen molar-refractivity contribution in [3.63, 3.8) is 0 Å². The molecule has 1 N–H and O–H groups in total. The first-order valence-electron chi connectivity index (χ1n) is 5.55. The summed E-state index contributed by atoms with van der Waals surface area (Å²) in [5.74, 6) is 2.73. The number of aromatic nitrogens is 3. The SMILES string of the molecule is CCSc1nnc(C2CCCNC2)n1C.Cl. The average molecular weight is 263 g/mol. The van der Waals surface area contributed by atoms with Gasteiger partial charge < -0.3 is 9.88 Å². The lowest BCUT2D eigenvalue weighted by atomic mass is 9.99. The molecule has 1 aromatic rings. The largest absolute Gasteiger partial charge is 0.316 e. The molecule has 2 rings (SSSR count). The Kier molecular flexibility index (Phi) is 5.58. The van der Waals surface area contributed by atoms with Gasteiger partial charge in [-0.3, -0.25) is 0 Å². The Morgan fingerprint density at radius 1 is 1.50 bits per heavy atom. The van der Waals surface area contributed by atoms with Crippen LogP contribution in [0.3, 0.4) is 0 Å². The Hall–Kier alpha value is -0.260. The molecule has 0 aliphatic carbocycles. The number of rotatable bonds is 3. The highest BCUT2D eigenvalue weighted by Crippen LogP contribution is 2.24. The summed E-state index contributed by atoms with van der Waals surface area (Å²) in [5, 5.41) is 13.0. The van der Waals surface area contributed by atoms with Crippen molar-refractivity contribution >= 4 is 24.2 Å². The fourth-order valence-electron chi connectivity index (χ4n) is 2.01. The standard InChI is InChI=1S/C10H18N4S.ClH/c1-3-15-10-13-12-9(14(10)2)8-5-4-6-11-7-8;/h8,11H,3-7H2,1-2H3;1H. The fraction of sp³-hybridized carbons (Fsp3) is 0.800. The van der Waals surface area contributed by atoms with Gasteiger partial charge in [0.15, 0.2) is 5.16 Å². The Bertz CT molecular complexity index is 323. The first-order chi connectivity index (χ1) is 7.33. The van der Waals surface area contributed by atoms with Crippen LogP contribution in [0, 0.1) is 0 Å². The molecule has 1 aliphatic heterocycles. The number of hydrogen-bond acceptors (Lipinski definition) is 4. The zero-order valence-corrected chi connectivity index (χ0v) is 11.4. The van der Waals surface area contributed by atoms with E-state index in [1.165, 1.54) is 12.8 Å². The van der Waals surface area contributed by atoms with Crippen LogP contribution in [-0.4, -0.2) is 33.6 Å². The van der Waals surface area contributed by atoms with Crippen LogP contribution in [-0.2, 0) is 7.05 Å². The highest BCUT2D eigenvalue weighted by atomic mass is 35.5. The summed E-state index contributed by atoms with van der Waals surface area (Å²) in [6.07, 6.45) is 2.48. The second-order valence-electron chi connectivity index (χ2n) is 3.88.